The van der Waals surface area contributed by atoms with E-state index in [1.807, 2.05) is 6.92 Å². The van der Waals surface area contributed by atoms with Crippen LogP contribution < -0.4 is 10.6 Å². The maximum Gasteiger partial charge on any atom is 0.246 e. The van der Waals surface area contributed by atoms with Crippen LogP contribution in [0.2, 0.25) is 0 Å². The van der Waals surface area contributed by atoms with Gasteiger partial charge >= 0.3 is 0 Å². The van der Waals surface area contributed by atoms with Gasteiger partial charge in [0.15, 0.2) is 5.96 Å². The van der Waals surface area contributed by atoms with Gasteiger partial charge < -0.3 is 20.6 Å². The molecule has 136 valence electrons. The molecule has 0 unspecified atom stereocenters. The van der Waals surface area contributed by atoms with Crippen molar-refractivity contribution in [2.24, 2.45) is 4.99 Å². The molecule has 0 saturated heterocycles. The van der Waals surface area contributed by atoms with Crippen LogP contribution in [0.5, 0.6) is 5.75 Å². The fraction of sp³-hybridized carbons (Fsp3) is 0.300. The van der Waals surface area contributed by atoms with E-state index in [1.165, 1.54) is 23.3 Å². The Hall–Kier alpha value is -3.02. The van der Waals surface area contributed by atoms with Gasteiger partial charge in [0.25, 0.3) is 0 Å². The summed E-state index contributed by atoms with van der Waals surface area (Å²) < 4.78 is 0. The molecule has 1 amide bonds. The fourth-order valence-electron chi connectivity index (χ4n) is 2.99. The first-order chi connectivity index (χ1) is 12.7. The van der Waals surface area contributed by atoms with E-state index in [0.29, 0.717) is 5.69 Å². The third kappa shape index (κ3) is 4.53. The number of aliphatic imine (C=N–C) groups is 1. The number of guanidine groups is 1. The second-order valence-electron chi connectivity index (χ2n) is 6.21. The highest BCUT2D eigenvalue weighted by atomic mass is 16.3. The predicted octanol–water partition coefficient (Wildman–Crippen LogP) is 2.35. The molecular formula is C20H24N4O2. The summed E-state index contributed by atoms with van der Waals surface area (Å²) in [4.78, 5) is 18.8. The monoisotopic (exact) mass is 352 g/mol. The largest absolute Gasteiger partial charge is 0.508 e. The van der Waals surface area contributed by atoms with Gasteiger partial charge in [-0.1, -0.05) is 24.3 Å². The summed E-state index contributed by atoms with van der Waals surface area (Å²) >= 11 is 0. The number of fused-ring (bicyclic) bond motifs is 1. The number of hydrogen-bond acceptors (Lipinski definition) is 3. The molecule has 0 fully saturated rings. The number of carbonyl (C=O) groups is 1. The number of phenolic OH excluding ortho intramolecular Hbond substituents is 1. The van der Waals surface area contributed by atoms with Gasteiger partial charge in [0, 0.05) is 25.3 Å². The van der Waals surface area contributed by atoms with Crippen molar-refractivity contribution in [2.45, 2.75) is 19.9 Å². The Bertz CT molecular complexity index is 787. The Morgan fingerprint density at radius 2 is 1.88 bits per heavy atom. The smallest absolute Gasteiger partial charge is 0.246 e. The van der Waals surface area contributed by atoms with Gasteiger partial charge in [-0.05, 0) is 48.7 Å². The van der Waals surface area contributed by atoms with Crippen molar-refractivity contribution in [3.8, 4) is 5.75 Å². The number of carbonyl (C=O) groups excluding carboxylic acids is 1. The Kier molecular flexibility index (Phi) is 5.73. The molecule has 0 aliphatic carbocycles. The van der Waals surface area contributed by atoms with Crippen LogP contribution in [0.3, 0.4) is 0 Å². The van der Waals surface area contributed by atoms with Crippen molar-refractivity contribution in [1.29, 1.82) is 0 Å². The summed E-state index contributed by atoms with van der Waals surface area (Å²) in [5.74, 6) is 0.729. The summed E-state index contributed by atoms with van der Waals surface area (Å²) in [5.41, 5.74) is 3.32. The number of phenols is 1. The van der Waals surface area contributed by atoms with E-state index in [-0.39, 0.29) is 18.2 Å². The lowest BCUT2D eigenvalue weighted by molar-refractivity contribution is -0.114. The van der Waals surface area contributed by atoms with Crippen LogP contribution in [-0.2, 0) is 17.8 Å². The topological polar surface area (TPSA) is 77.0 Å². The van der Waals surface area contributed by atoms with Crippen LogP contribution >= 0.6 is 0 Å². The van der Waals surface area contributed by atoms with Gasteiger partial charge in [0.05, 0.1) is 0 Å². The minimum atomic E-state index is -0.191. The van der Waals surface area contributed by atoms with Crippen molar-refractivity contribution < 1.29 is 9.90 Å². The van der Waals surface area contributed by atoms with E-state index in [9.17, 15) is 9.90 Å². The highest BCUT2D eigenvalue weighted by Gasteiger charge is 2.18. The number of nitrogens with zero attached hydrogens (tertiary/aromatic N) is 2. The molecule has 3 rings (SSSR count). The second-order valence-corrected chi connectivity index (χ2v) is 6.21. The van der Waals surface area contributed by atoms with Gasteiger partial charge in [0.1, 0.15) is 12.3 Å². The zero-order valence-electron chi connectivity index (χ0n) is 14.9. The molecule has 0 saturated carbocycles. The van der Waals surface area contributed by atoms with E-state index >= 15 is 0 Å². The molecular weight excluding hydrogens is 328 g/mol. The molecule has 2 aromatic rings. The lowest BCUT2D eigenvalue weighted by atomic mass is 10.0. The summed E-state index contributed by atoms with van der Waals surface area (Å²) in [6.45, 7) is 4.48. The maximum absolute atomic E-state index is 12.2. The summed E-state index contributed by atoms with van der Waals surface area (Å²) in [6.07, 6.45) is 0.973. The standard InChI is InChI=1S/C20H24N4O2/c1-2-21-20(24-12-11-15-5-3-4-6-16(15)14-24)22-13-19(26)23-17-7-9-18(25)10-8-17/h3-10,25H,2,11-14H2,1H3,(H,21,22)(H,23,26). The summed E-state index contributed by atoms with van der Waals surface area (Å²) in [5, 5.41) is 15.3. The number of hydrogen-bond donors (Lipinski definition) is 3. The molecule has 1 aliphatic heterocycles. The average molecular weight is 352 g/mol. The van der Waals surface area contributed by atoms with Crippen LogP contribution in [0.4, 0.5) is 5.69 Å². The number of amides is 1. The van der Waals surface area contributed by atoms with E-state index in [0.717, 1.165) is 32.0 Å². The highest BCUT2D eigenvalue weighted by Crippen LogP contribution is 2.18. The third-order valence-corrected chi connectivity index (χ3v) is 4.29. The zero-order chi connectivity index (χ0) is 18.4. The molecule has 0 radical (unpaired) electrons. The van der Waals surface area contributed by atoms with Crippen molar-refractivity contribution >= 4 is 17.6 Å². The Morgan fingerprint density at radius 3 is 2.62 bits per heavy atom. The van der Waals surface area contributed by atoms with Crippen molar-refractivity contribution in [3.63, 3.8) is 0 Å². The van der Waals surface area contributed by atoms with E-state index in [4.69, 9.17) is 0 Å². The van der Waals surface area contributed by atoms with E-state index in [2.05, 4.69) is 44.8 Å². The van der Waals surface area contributed by atoms with Crippen LogP contribution in [0.1, 0.15) is 18.1 Å². The normalized spacial score (nSPS) is 13.9. The van der Waals surface area contributed by atoms with Crippen LogP contribution in [-0.4, -0.2) is 41.5 Å². The lowest BCUT2D eigenvalue weighted by Gasteiger charge is -2.31. The van der Waals surface area contributed by atoms with Crippen molar-refractivity contribution in [3.05, 3.63) is 59.7 Å². The number of nitrogens with one attached hydrogen (secondary N) is 2. The second kappa shape index (κ2) is 8.38. The molecule has 0 atom stereocenters. The number of aromatic hydroxyl groups is 1. The quantitative estimate of drug-likeness (QED) is 0.448. The Labute approximate surface area is 153 Å². The van der Waals surface area contributed by atoms with Crippen LogP contribution in [0, 0.1) is 0 Å². The maximum atomic E-state index is 12.2. The third-order valence-electron chi connectivity index (χ3n) is 4.29. The van der Waals surface area contributed by atoms with E-state index < -0.39 is 0 Å². The SMILES string of the molecule is CCNC(=NCC(=O)Nc1ccc(O)cc1)N1CCc2ccccc2C1. The van der Waals surface area contributed by atoms with E-state index in [1.54, 1.807) is 12.1 Å². The van der Waals surface area contributed by atoms with Gasteiger partial charge in [-0.2, -0.15) is 0 Å². The molecule has 1 aliphatic rings. The molecule has 0 bridgehead atoms. The molecule has 6 heteroatoms. The van der Waals surface area contributed by atoms with Crippen molar-refractivity contribution in [1.82, 2.24) is 10.2 Å². The summed E-state index contributed by atoms with van der Waals surface area (Å²) in [6, 6.07) is 14.8. The van der Waals surface area contributed by atoms with Gasteiger partial charge in [-0.25, -0.2) is 4.99 Å². The molecule has 6 nitrogen and oxygen atoms in total. The molecule has 2 aromatic carbocycles. The predicted molar refractivity (Wildman–Crippen MR) is 103 cm³/mol. The fourth-order valence-corrected chi connectivity index (χ4v) is 2.99. The molecule has 1 heterocycles. The molecule has 3 N–H and O–H groups in total. The Morgan fingerprint density at radius 1 is 1.15 bits per heavy atom. The molecule has 26 heavy (non-hydrogen) atoms. The minimum absolute atomic E-state index is 0.0430. The molecule has 0 spiro atoms. The zero-order valence-corrected chi connectivity index (χ0v) is 14.9. The number of anilines is 1. The Balaban J connectivity index is 1.64. The van der Waals surface area contributed by atoms with Gasteiger partial charge in [-0.3, -0.25) is 4.79 Å². The van der Waals surface area contributed by atoms with Gasteiger partial charge in [0.2, 0.25) is 5.91 Å². The lowest BCUT2D eigenvalue weighted by Crippen LogP contribution is -2.44. The first kappa shape index (κ1) is 17.8. The number of benzene rings is 2. The average Bonchev–Trinajstić information content (AvgIpc) is 2.66. The van der Waals surface area contributed by atoms with Crippen LogP contribution in [0.15, 0.2) is 53.5 Å². The first-order valence-electron chi connectivity index (χ1n) is 8.84. The van der Waals surface area contributed by atoms with Crippen molar-refractivity contribution in [2.75, 3.05) is 25.0 Å². The highest BCUT2D eigenvalue weighted by molar-refractivity contribution is 5.94. The molecule has 0 aromatic heterocycles. The first-order valence-corrected chi connectivity index (χ1v) is 8.84. The van der Waals surface area contributed by atoms with Gasteiger partial charge in [-0.15, -0.1) is 0 Å². The number of rotatable bonds is 4. The minimum Gasteiger partial charge on any atom is -0.508 e. The van der Waals surface area contributed by atoms with Crippen LogP contribution in [0.25, 0.3) is 0 Å². The summed E-state index contributed by atoms with van der Waals surface area (Å²) in [7, 11) is 0.